The number of likely N-dealkylation sites (tertiary alicyclic amines) is 1. The molecule has 1 aromatic rings. The molecule has 1 heterocycles. The molecule has 90 valence electrons. The van der Waals surface area contributed by atoms with Gasteiger partial charge in [-0.15, -0.1) is 12.4 Å². The smallest absolute Gasteiger partial charge is 0.123 e. The van der Waals surface area contributed by atoms with E-state index in [2.05, 4.69) is 4.90 Å². The van der Waals surface area contributed by atoms with E-state index in [0.29, 0.717) is 0 Å². The van der Waals surface area contributed by atoms with Crippen molar-refractivity contribution in [3.63, 3.8) is 0 Å². The average molecular weight is 243 g/mol. The molecule has 16 heavy (non-hydrogen) atoms. The summed E-state index contributed by atoms with van der Waals surface area (Å²) in [5, 5.41) is 0. The van der Waals surface area contributed by atoms with Gasteiger partial charge in [0.25, 0.3) is 0 Å². The number of rotatable bonds is 3. The molecule has 0 spiro atoms. The van der Waals surface area contributed by atoms with Crippen molar-refractivity contribution in [2.45, 2.75) is 19.4 Å². The molecule has 4 heteroatoms. The highest BCUT2D eigenvalue weighted by atomic mass is 35.5. The summed E-state index contributed by atoms with van der Waals surface area (Å²) in [6, 6.07) is 5.84. The van der Waals surface area contributed by atoms with Gasteiger partial charge in [0.05, 0.1) is 7.11 Å². The SMILES string of the molecule is COc1ccc(N)cc1CN1CCCC1.Cl. The van der Waals surface area contributed by atoms with E-state index in [1.54, 1.807) is 7.11 Å². The van der Waals surface area contributed by atoms with Gasteiger partial charge in [0.2, 0.25) is 0 Å². The first-order valence-corrected chi connectivity index (χ1v) is 5.44. The van der Waals surface area contributed by atoms with Crippen LogP contribution in [0.25, 0.3) is 0 Å². The lowest BCUT2D eigenvalue weighted by Gasteiger charge is -2.17. The molecule has 0 atom stereocenters. The molecule has 2 rings (SSSR count). The second-order valence-corrected chi connectivity index (χ2v) is 4.05. The maximum Gasteiger partial charge on any atom is 0.123 e. The molecule has 0 saturated carbocycles. The van der Waals surface area contributed by atoms with E-state index in [4.69, 9.17) is 10.5 Å². The third-order valence-corrected chi connectivity index (χ3v) is 2.90. The molecule has 0 radical (unpaired) electrons. The Kier molecular flexibility index (Phi) is 4.90. The zero-order chi connectivity index (χ0) is 10.7. The second kappa shape index (κ2) is 5.97. The molecular formula is C12H19ClN2O. The molecule has 0 bridgehead atoms. The highest BCUT2D eigenvalue weighted by Crippen LogP contribution is 2.24. The summed E-state index contributed by atoms with van der Waals surface area (Å²) in [5.74, 6) is 0.941. The van der Waals surface area contributed by atoms with E-state index in [1.807, 2.05) is 18.2 Å². The first kappa shape index (κ1) is 13.1. The maximum absolute atomic E-state index is 5.78. The fourth-order valence-electron chi connectivity index (χ4n) is 2.10. The Morgan fingerprint density at radius 1 is 1.31 bits per heavy atom. The molecule has 1 aliphatic heterocycles. The van der Waals surface area contributed by atoms with Gasteiger partial charge in [-0.3, -0.25) is 4.90 Å². The van der Waals surface area contributed by atoms with Crippen LogP contribution in [0.5, 0.6) is 5.75 Å². The van der Waals surface area contributed by atoms with Crippen molar-refractivity contribution < 1.29 is 4.74 Å². The standard InChI is InChI=1S/C12H18N2O.ClH/c1-15-12-5-4-11(13)8-10(12)9-14-6-2-3-7-14;/h4-5,8H,2-3,6-7,9,13H2,1H3;1H. The third-order valence-electron chi connectivity index (χ3n) is 2.90. The summed E-state index contributed by atoms with van der Waals surface area (Å²) in [7, 11) is 1.71. The van der Waals surface area contributed by atoms with Crippen LogP contribution in [0.3, 0.4) is 0 Å². The van der Waals surface area contributed by atoms with E-state index < -0.39 is 0 Å². The van der Waals surface area contributed by atoms with Crippen molar-refractivity contribution in [1.29, 1.82) is 0 Å². The second-order valence-electron chi connectivity index (χ2n) is 4.05. The number of nitrogens with two attached hydrogens (primary N) is 1. The Hall–Kier alpha value is -0.930. The van der Waals surface area contributed by atoms with Crippen LogP contribution in [-0.4, -0.2) is 25.1 Å². The van der Waals surface area contributed by atoms with Crippen LogP contribution in [0.1, 0.15) is 18.4 Å². The summed E-state index contributed by atoms with van der Waals surface area (Å²) < 4.78 is 5.33. The van der Waals surface area contributed by atoms with Crippen LogP contribution in [0.4, 0.5) is 5.69 Å². The van der Waals surface area contributed by atoms with Gasteiger partial charge in [0, 0.05) is 17.8 Å². The Labute approximate surface area is 103 Å². The number of halogens is 1. The molecule has 1 aromatic carbocycles. The highest BCUT2D eigenvalue weighted by Gasteiger charge is 2.14. The van der Waals surface area contributed by atoms with Crippen LogP contribution >= 0.6 is 12.4 Å². The quantitative estimate of drug-likeness (QED) is 0.827. The van der Waals surface area contributed by atoms with Crippen molar-refractivity contribution in [2.75, 3.05) is 25.9 Å². The molecule has 0 aliphatic carbocycles. The number of nitrogen functional groups attached to an aromatic ring is 1. The molecule has 1 aliphatic rings. The minimum absolute atomic E-state index is 0. The van der Waals surface area contributed by atoms with Crippen molar-refractivity contribution in [1.82, 2.24) is 4.90 Å². The van der Waals surface area contributed by atoms with Crippen LogP contribution in [0, 0.1) is 0 Å². The Morgan fingerprint density at radius 2 is 2.00 bits per heavy atom. The van der Waals surface area contributed by atoms with E-state index >= 15 is 0 Å². The van der Waals surface area contributed by atoms with Crippen LogP contribution in [0.15, 0.2) is 18.2 Å². The highest BCUT2D eigenvalue weighted by molar-refractivity contribution is 5.85. The first-order valence-electron chi connectivity index (χ1n) is 5.44. The summed E-state index contributed by atoms with van der Waals surface area (Å²) in [5.41, 5.74) is 7.79. The van der Waals surface area contributed by atoms with Gasteiger partial charge in [-0.1, -0.05) is 0 Å². The lowest BCUT2D eigenvalue weighted by Crippen LogP contribution is -2.18. The zero-order valence-electron chi connectivity index (χ0n) is 9.61. The van der Waals surface area contributed by atoms with Gasteiger partial charge in [-0.05, 0) is 44.1 Å². The largest absolute Gasteiger partial charge is 0.496 e. The molecule has 1 saturated heterocycles. The van der Waals surface area contributed by atoms with E-state index in [1.165, 1.54) is 31.5 Å². The van der Waals surface area contributed by atoms with Gasteiger partial charge in [-0.2, -0.15) is 0 Å². The number of methoxy groups -OCH3 is 1. The predicted octanol–water partition coefficient (Wildman–Crippen LogP) is 2.30. The van der Waals surface area contributed by atoms with Crippen molar-refractivity contribution in [3.05, 3.63) is 23.8 Å². The zero-order valence-corrected chi connectivity index (χ0v) is 10.4. The van der Waals surface area contributed by atoms with Gasteiger partial charge in [-0.25, -0.2) is 0 Å². The average Bonchev–Trinajstić information content (AvgIpc) is 2.71. The van der Waals surface area contributed by atoms with Crippen LogP contribution in [-0.2, 0) is 6.54 Å². The lowest BCUT2D eigenvalue weighted by atomic mass is 10.1. The molecule has 1 fully saturated rings. The number of benzene rings is 1. The maximum atomic E-state index is 5.78. The van der Waals surface area contributed by atoms with Gasteiger partial charge in [0.15, 0.2) is 0 Å². The normalized spacial score (nSPS) is 15.8. The number of anilines is 1. The summed E-state index contributed by atoms with van der Waals surface area (Å²) in [6.45, 7) is 3.34. The minimum Gasteiger partial charge on any atom is -0.496 e. The Balaban J connectivity index is 0.00000128. The molecule has 0 aromatic heterocycles. The van der Waals surface area contributed by atoms with Crippen molar-refractivity contribution in [2.24, 2.45) is 0 Å². The molecular weight excluding hydrogens is 224 g/mol. The lowest BCUT2D eigenvalue weighted by molar-refractivity contribution is 0.321. The first-order chi connectivity index (χ1) is 7.29. The Bertz CT molecular complexity index is 338. The van der Waals surface area contributed by atoms with Gasteiger partial charge >= 0.3 is 0 Å². The molecule has 0 unspecified atom stereocenters. The summed E-state index contributed by atoms with van der Waals surface area (Å²) in [6.07, 6.45) is 2.62. The molecule has 0 amide bonds. The van der Waals surface area contributed by atoms with E-state index in [9.17, 15) is 0 Å². The summed E-state index contributed by atoms with van der Waals surface area (Å²) >= 11 is 0. The molecule has 3 nitrogen and oxygen atoms in total. The van der Waals surface area contributed by atoms with Crippen molar-refractivity contribution in [3.8, 4) is 5.75 Å². The van der Waals surface area contributed by atoms with Crippen LogP contribution in [0.2, 0.25) is 0 Å². The summed E-state index contributed by atoms with van der Waals surface area (Å²) in [4.78, 5) is 2.44. The number of ether oxygens (including phenoxy) is 1. The number of hydrogen-bond acceptors (Lipinski definition) is 3. The van der Waals surface area contributed by atoms with Crippen LogP contribution < -0.4 is 10.5 Å². The monoisotopic (exact) mass is 242 g/mol. The topological polar surface area (TPSA) is 38.5 Å². The van der Waals surface area contributed by atoms with Crippen molar-refractivity contribution >= 4 is 18.1 Å². The fraction of sp³-hybridized carbons (Fsp3) is 0.500. The third kappa shape index (κ3) is 3.03. The minimum atomic E-state index is 0. The predicted molar refractivity (Wildman–Crippen MR) is 69.2 cm³/mol. The molecule has 2 N–H and O–H groups in total. The van der Waals surface area contributed by atoms with Gasteiger partial charge < -0.3 is 10.5 Å². The number of hydrogen-bond donors (Lipinski definition) is 1. The van der Waals surface area contributed by atoms with E-state index in [-0.39, 0.29) is 12.4 Å². The fourth-order valence-corrected chi connectivity index (χ4v) is 2.10. The van der Waals surface area contributed by atoms with E-state index in [0.717, 1.165) is 18.0 Å². The Morgan fingerprint density at radius 3 is 2.62 bits per heavy atom. The number of nitrogens with zero attached hydrogens (tertiary/aromatic N) is 1. The van der Waals surface area contributed by atoms with Gasteiger partial charge in [0.1, 0.15) is 5.75 Å².